The van der Waals surface area contributed by atoms with E-state index in [9.17, 15) is 13.6 Å². The normalized spacial score (nSPS) is 10.3. The van der Waals surface area contributed by atoms with Crippen molar-refractivity contribution >= 4 is 0 Å². The van der Waals surface area contributed by atoms with Crippen LogP contribution in [0.1, 0.15) is 0 Å². The number of nitrogens with zero attached hydrogens (tertiary/aromatic N) is 1. The monoisotopic (exact) mass is 277 g/mol. The summed E-state index contributed by atoms with van der Waals surface area (Å²) in [5.74, 6) is -1.50. The first-order valence-electron chi connectivity index (χ1n) is 5.93. The molecule has 0 aliphatic carbocycles. The van der Waals surface area contributed by atoms with Gasteiger partial charge in [0.15, 0.2) is 0 Å². The van der Waals surface area contributed by atoms with Crippen molar-refractivity contribution in [2.45, 2.75) is 0 Å². The highest BCUT2D eigenvalue weighted by atomic mass is 19.1. The predicted molar refractivity (Wildman–Crippen MR) is 72.7 cm³/mol. The molecule has 1 aromatic carbocycles. The van der Waals surface area contributed by atoms with Crippen LogP contribution < -0.4 is 10.3 Å². The van der Waals surface area contributed by atoms with E-state index in [0.717, 1.165) is 12.1 Å². The van der Waals surface area contributed by atoms with Gasteiger partial charge in [0.1, 0.15) is 24.0 Å². The van der Waals surface area contributed by atoms with E-state index >= 15 is 0 Å². The lowest BCUT2D eigenvalue weighted by Crippen LogP contribution is -2.17. The third-order valence-electron chi connectivity index (χ3n) is 2.82. The molecule has 0 fully saturated rings. The molecule has 0 spiro atoms. The number of rotatable bonds is 4. The fourth-order valence-electron chi connectivity index (χ4n) is 1.85. The number of hydrogen-bond acceptors (Lipinski definition) is 2. The summed E-state index contributed by atoms with van der Waals surface area (Å²) < 4.78 is 34.4. The zero-order valence-corrected chi connectivity index (χ0v) is 10.9. The van der Waals surface area contributed by atoms with Crippen molar-refractivity contribution in [2.75, 3.05) is 6.61 Å². The van der Waals surface area contributed by atoms with Crippen molar-refractivity contribution in [3.8, 4) is 17.0 Å². The first-order chi connectivity index (χ1) is 9.54. The molecule has 1 heterocycles. The largest absolute Gasteiger partial charge is 0.489 e. The van der Waals surface area contributed by atoms with E-state index in [-0.39, 0.29) is 29.2 Å². The highest BCUT2D eigenvalue weighted by Crippen LogP contribution is 2.28. The molecule has 0 amide bonds. The smallest absolute Gasteiger partial charge is 0.250 e. The van der Waals surface area contributed by atoms with Crippen LogP contribution in [-0.2, 0) is 7.05 Å². The molecule has 0 aliphatic heterocycles. The lowest BCUT2D eigenvalue weighted by atomic mass is 10.1. The van der Waals surface area contributed by atoms with Gasteiger partial charge in [-0.15, -0.1) is 0 Å². The first-order valence-corrected chi connectivity index (χ1v) is 5.93. The van der Waals surface area contributed by atoms with E-state index in [4.69, 9.17) is 4.74 Å². The summed E-state index contributed by atoms with van der Waals surface area (Å²) in [5.41, 5.74) is -0.424. The summed E-state index contributed by atoms with van der Waals surface area (Å²) in [4.78, 5) is 11.5. The quantitative estimate of drug-likeness (QED) is 0.805. The van der Waals surface area contributed by atoms with Crippen LogP contribution in [0.4, 0.5) is 8.78 Å². The van der Waals surface area contributed by atoms with Gasteiger partial charge in [-0.2, -0.15) is 0 Å². The van der Waals surface area contributed by atoms with Crippen LogP contribution in [0.2, 0.25) is 0 Å². The van der Waals surface area contributed by atoms with Crippen molar-refractivity contribution in [1.29, 1.82) is 0 Å². The number of hydrogen-bond donors (Lipinski definition) is 0. The van der Waals surface area contributed by atoms with E-state index in [1.54, 1.807) is 0 Å². The molecular formula is C15H13F2NO2. The lowest BCUT2D eigenvalue weighted by Gasteiger charge is -2.11. The van der Waals surface area contributed by atoms with Crippen LogP contribution in [0.25, 0.3) is 11.3 Å². The van der Waals surface area contributed by atoms with Gasteiger partial charge in [-0.1, -0.05) is 18.7 Å². The summed E-state index contributed by atoms with van der Waals surface area (Å²) in [6.07, 6.45) is 1.48. The van der Waals surface area contributed by atoms with E-state index < -0.39 is 11.6 Å². The molecule has 0 aliphatic rings. The zero-order valence-electron chi connectivity index (χ0n) is 10.9. The number of benzene rings is 1. The number of ether oxygens (including phenoxy) is 1. The van der Waals surface area contributed by atoms with Gasteiger partial charge in [0.05, 0.1) is 11.3 Å². The number of pyridine rings is 1. The molecule has 104 valence electrons. The summed E-state index contributed by atoms with van der Waals surface area (Å²) in [6.45, 7) is 3.61. The van der Waals surface area contributed by atoms with E-state index in [2.05, 4.69) is 6.58 Å². The van der Waals surface area contributed by atoms with Crippen molar-refractivity contribution < 1.29 is 13.5 Å². The third-order valence-corrected chi connectivity index (χ3v) is 2.82. The van der Waals surface area contributed by atoms with Gasteiger partial charge in [0, 0.05) is 25.2 Å². The fraction of sp³-hybridized carbons (Fsp3) is 0.133. The van der Waals surface area contributed by atoms with Gasteiger partial charge in [-0.25, -0.2) is 8.78 Å². The Morgan fingerprint density at radius 2 is 1.95 bits per heavy atom. The van der Waals surface area contributed by atoms with Gasteiger partial charge < -0.3 is 9.30 Å². The minimum atomic E-state index is -0.787. The third kappa shape index (κ3) is 2.61. The average molecular weight is 277 g/mol. The molecule has 2 rings (SSSR count). The second-order valence-electron chi connectivity index (χ2n) is 4.17. The molecule has 5 heteroatoms. The lowest BCUT2D eigenvalue weighted by molar-refractivity contribution is 0.358. The molecule has 0 saturated carbocycles. The maximum Gasteiger partial charge on any atom is 0.250 e. The maximum atomic E-state index is 14.1. The van der Waals surface area contributed by atoms with Crippen LogP contribution >= 0.6 is 0 Å². The molecule has 0 unspecified atom stereocenters. The van der Waals surface area contributed by atoms with Crippen molar-refractivity contribution in [2.24, 2.45) is 7.05 Å². The summed E-state index contributed by atoms with van der Waals surface area (Å²) in [5, 5.41) is 0. The standard InChI is InChI=1S/C15H13F2NO2/c1-3-7-20-10-8-11(16)15(12(17)9-10)13-5-4-6-14(19)18(13)2/h3-6,8-9H,1,7H2,2H3. The van der Waals surface area contributed by atoms with Gasteiger partial charge in [-0.3, -0.25) is 4.79 Å². The summed E-state index contributed by atoms with van der Waals surface area (Å²) in [7, 11) is 1.46. The van der Waals surface area contributed by atoms with Gasteiger partial charge >= 0.3 is 0 Å². The average Bonchev–Trinajstić information content (AvgIpc) is 2.40. The Hall–Kier alpha value is -2.43. The highest BCUT2D eigenvalue weighted by molar-refractivity contribution is 5.62. The maximum absolute atomic E-state index is 14.1. The molecule has 0 atom stereocenters. The Morgan fingerprint density at radius 1 is 1.30 bits per heavy atom. The van der Waals surface area contributed by atoms with Crippen LogP contribution in [0, 0.1) is 11.6 Å². The Bertz CT molecular complexity index is 684. The molecule has 0 bridgehead atoms. The van der Waals surface area contributed by atoms with E-state index in [1.165, 1.54) is 35.9 Å². The van der Waals surface area contributed by atoms with Crippen molar-refractivity contribution in [3.05, 3.63) is 65.0 Å². The summed E-state index contributed by atoms with van der Waals surface area (Å²) >= 11 is 0. The second kappa shape index (κ2) is 5.69. The second-order valence-corrected chi connectivity index (χ2v) is 4.17. The van der Waals surface area contributed by atoms with Gasteiger partial charge in [0.2, 0.25) is 0 Å². The number of aromatic nitrogens is 1. The fourth-order valence-corrected chi connectivity index (χ4v) is 1.85. The summed E-state index contributed by atoms with van der Waals surface area (Å²) in [6, 6.07) is 6.42. The van der Waals surface area contributed by atoms with Crippen molar-refractivity contribution in [1.82, 2.24) is 4.57 Å². The zero-order chi connectivity index (χ0) is 14.7. The van der Waals surface area contributed by atoms with Crippen molar-refractivity contribution in [3.63, 3.8) is 0 Å². The SMILES string of the molecule is C=CCOc1cc(F)c(-c2cccc(=O)n2C)c(F)c1. The molecule has 0 N–H and O–H groups in total. The minimum absolute atomic E-state index is 0.0737. The number of halogens is 2. The Morgan fingerprint density at radius 3 is 2.55 bits per heavy atom. The Kier molecular flexibility index (Phi) is 3.98. The molecule has 3 nitrogen and oxygen atoms in total. The molecule has 2 aromatic rings. The first kappa shape index (κ1) is 14.0. The van der Waals surface area contributed by atoms with Crippen LogP contribution in [0.15, 0.2) is 47.8 Å². The minimum Gasteiger partial charge on any atom is -0.489 e. The molecule has 0 radical (unpaired) electrons. The molecule has 20 heavy (non-hydrogen) atoms. The van der Waals surface area contributed by atoms with Crippen LogP contribution in [0.5, 0.6) is 5.75 Å². The van der Waals surface area contributed by atoms with Crippen LogP contribution in [0.3, 0.4) is 0 Å². The molecular weight excluding hydrogens is 264 g/mol. The topological polar surface area (TPSA) is 31.2 Å². The highest BCUT2D eigenvalue weighted by Gasteiger charge is 2.16. The molecule has 0 saturated heterocycles. The predicted octanol–water partition coefficient (Wildman–Crippen LogP) is 2.90. The Balaban J connectivity index is 2.55. The van der Waals surface area contributed by atoms with Gasteiger partial charge in [0.25, 0.3) is 5.56 Å². The Labute approximate surface area is 114 Å². The van der Waals surface area contributed by atoms with E-state index in [1.807, 2.05) is 0 Å². The molecule has 1 aromatic heterocycles. The van der Waals surface area contributed by atoms with Gasteiger partial charge in [-0.05, 0) is 6.07 Å². The van der Waals surface area contributed by atoms with Crippen LogP contribution in [-0.4, -0.2) is 11.2 Å². The van der Waals surface area contributed by atoms with E-state index in [0.29, 0.717) is 0 Å².